The first kappa shape index (κ1) is 22.1. The van der Waals surface area contributed by atoms with Gasteiger partial charge in [0.15, 0.2) is 0 Å². The Bertz CT molecular complexity index is 960. The van der Waals surface area contributed by atoms with Gasteiger partial charge in [-0.15, -0.1) is 6.58 Å². The van der Waals surface area contributed by atoms with Crippen LogP contribution in [-0.2, 0) is 17.8 Å². The van der Waals surface area contributed by atoms with Crippen LogP contribution in [0.15, 0.2) is 78.3 Å². The molecule has 0 fully saturated rings. The van der Waals surface area contributed by atoms with Crippen molar-refractivity contribution < 1.29 is 14.4 Å². The molecule has 1 N–H and O–H groups in total. The number of ether oxygens (including phenoxy) is 1. The fourth-order valence-corrected chi connectivity index (χ4v) is 3.82. The van der Waals surface area contributed by atoms with Crippen LogP contribution in [0, 0.1) is 0 Å². The minimum absolute atomic E-state index is 0.255. The van der Waals surface area contributed by atoms with Gasteiger partial charge in [0.25, 0.3) is 0 Å². The van der Waals surface area contributed by atoms with Gasteiger partial charge >= 0.3 is 0 Å². The largest absolute Gasteiger partial charge is 0.384 e. The predicted octanol–water partition coefficient (Wildman–Crippen LogP) is 5.52. The van der Waals surface area contributed by atoms with E-state index in [2.05, 4.69) is 22.5 Å². The highest BCUT2D eigenvalue weighted by molar-refractivity contribution is 9.10. The monoisotopic (exact) mass is 495 g/mol. The average Bonchev–Trinajstić information content (AvgIpc) is 3.12. The SMILES string of the molecule is C=CCOC(Cn1cc[n+](CC(O)c2ccc(Br)cc2)c1)c1ccc(Cl)cc1Cl. The Hall–Kier alpha value is -1.63. The van der Waals surface area contributed by atoms with Crippen LogP contribution < -0.4 is 4.57 Å². The highest BCUT2D eigenvalue weighted by Gasteiger charge is 2.20. The molecule has 0 saturated carbocycles. The fourth-order valence-electron chi connectivity index (χ4n) is 3.02. The van der Waals surface area contributed by atoms with Crippen LogP contribution in [0.25, 0.3) is 0 Å². The van der Waals surface area contributed by atoms with Gasteiger partial charge in [0, 0.05) is 20.1 Å². The summed E-state index contributed by atoms with van der Waals surface area (Å²) < 4.78 is 10.9. The molecule has 0 amide bonds. The summed E-state index contributed by atoms with van der Waals surface area (Å²) in [5, 5.41) is 11.7. The Morgan fingerprint density at radius 2 is 1.97 bits per heavy atom. The van der Waals surface area contributed by atoms with Crippen LogP contribution >= 0.6 is 39.1 Å². The van der Waals surface area contributed by atoms with E-state index < -0.39 is 6.10 Å². The summed E-state index contributed by atoms with van der Waals surface area (Å²) in [5.41, 5.74) is 1.74. The van der Waals surface area contributed by atoms with Crippen LogP contribution in [-0.4, -0.2) is 16.3 Å². The van der Waals surface area contributed by atoms with E-state index in [1.54, 1.807) is 18.2 Å². The number of halogens is 3. The molecular weight excluding hydrogens is 475 g/mol. The van der Waals surface area contributed by atoms with E-state index in [4.69, 9.17) is 27.9 Å². The Kier molecular flexibility index (Phi) is 7.92. The lowest BCUT2D eigenvalue weighted by Gasteiger charge is -2.17. The highest BCUT2D eigenvalue weighted by Crippen LogP contribution is 2.29. The molecule has 0 aliphatic carbocycles. The molecule has 4 nitrogen and oxygen atoms in total. The average molecular weight is 497 g/mol. The molecule has 3 rings (SSSR count). The summed E-state index contributed by atoms with van der Waals surface area (Å²) in [4.78, 5) is 0. The van der Waals surface area contributed by atoms with E-state index in [1.165, 1.54) is 0 Å². The zero-order valence-electron chi connectivity index (χ0n) is 15.7. The smallest absolute Gasteiger partial charge is 0.243 e. The second-order valence-corrected chi connectivity index (χ2v) is 8.41. The van der Waals surface area contributed by atoms with Gasteiger partial charge in [-0.2, -0.15) is 0 Å². The number of benzene rings is 2. The first-order valence-corrected chi connectivity index (χ1v) is 10.7. The lowest BCUT2D eigenvalue weighted by Crippen LogP contribution is -2.34. The van der Waals surface area contributed by atoms with Crippen molar-refractivity contribution in [1.29, 1.82) is 0 Å². The molecule has 0 bridgehead atoms. The maximum Gasteiger partial charge on any atom is 0.243 e. The van der Waals surface area contributed by atoms with Gasteiger partial charge in [-0.05, 0) is 29.8 Å². The van der Waals surface area contributed by atoms with Crippen molar-refractivity contribution in [2.45, 2.75) is 25.3 Å². The molecule has 1 heterocycles. The number of rotatable bonds is 9. The molecular formula is C22H22BrCl2N2O2+. The van der Waals surface area contributed by atoms with Crippen LogP contribution in [0.1, 0.15) is 23.3 Å². The van der Waals surface area contributed by atoms with Crippen molar-refractivity contribution >= 4 is 39.1 Å². The third-order valence-corrected chi connectivity index (χ3v) is 5.58. The lowest BCUT2D eigenvalue weighted by atomic mass is 10.1. The summed E-state index contributed by atoms with van der Waals surface area (Å²) in [6.07, 6.45) is 6.67. The van der Waals surface area contributed by atoms with E-state index in [0.717, 1.165) is 15.6 Å². The van der Waals surface area contributed by atoms with Gasteiger partial charge in [-0.25, -0.2) is 9.13 Å². The van der Waals surface area contributed by atoms with E-state index in [-0.39, 0.29) is 6.10 Å². The normalized spacial score (nSPS) is 13.2. The van der Waals surface area contributed by atoms with Crippen molar-refractivity contribution in [3.63, 3.8) is 0 Å². The number of aliphatic hydroxyl groups excluding tert-OH is 1. The molecule has 2 unspecified atom stereocenters. The molecule has 0 aliphatic rings. The van der Waals surface area contributed by atoms with Crippen molar-refractivity contribution in [2.75, 3.05) is 6.61 Å². The summed E-state index contributed by atoms with van der Waals surface area (Å²) in [5.74, 6) is 0. The quantitative estimate of drug-likeness (QED) is 0.312. The Labute approximate surface area is 189 Å². The Balaban J connectivity index is 1.71. The molecule has 0 saturated heterocycles. The highest BCUT2D eigenvalue weighted by atomic mass is 79.9. The van der Waals surface area contributed by atoms with Gasteiger partial charge in [0.2, 0.25) is 6.33 Å². The molecule has 3 aromatic rings. The van der Waals surface area contributed by atoms with Gasteiger partial charge < -0.3 is 9.84 Å². The van der Waals surface area contributed by atoms with Gasteiger partial charge in [0.1, 0.15) is 37.7 Å². The van der Waals surface area contributed by atoms with E-state index >= 15 is 0 Å². The van der Waals surface area contributed by atoms with Crippen LogP contribution in [0.2, 0.25) is 10.0 Å². The van der Waals surface area contributed by atoms with Crippen LogP contribution in [0.3, 0.4) is 0 Å². The Morgan fingerprint density at radius 1 is 1.21 bits per heavy atom. The summed E-state index contributed by atoms with van der Waals surface area (Å²) in [6, 6.07) is 13.1. The van der Waals surface area contributed by atoms with E-state index in [1.807, 2.05) is 58.2 Å². The summed E-state index contributed by atoms with van der Waals surface area (Å²) in [6.45, 7) is 5.15. The van der Waals surface area contributed by atoms with Crippen LogP contribution in [0.5, 0.6) is 0 Å². The standard InChI is InChI=1S/C22H22BrCl2N2O2/c1-2-11-29-22(19-8-7-18(24)12-20(19)25)14-27-10-9-26(15-27)13-21(28)16-3-5-17(23)6-4-16/h2-10,12,15,21-22,28H,1,11,13-14H2/q+1. The first-order valence-electron chi connectivity index (χ1n) is 9.12. The molecule has 0 aliphatic heterocycles. The maximum absolute atomic E-state index is 10.5. The van der Waals surface area contributed by atoms with E-state index in [0.29, 0.717) is 29.7 Å². The molecule has 2 aromatic carbocycles. The van der Waals surface area contributed by atoms with Gasteiger partial charge in [-0.1, -0.05) is 63.4 Å². The summed E-state index contributed by atoms with van der Waals surface area (Å²) in [7, 11) is 0. The Morgan fingerprint density at radius 3 is 2.66 bits per heavy atom. The third kappa shape index (κ3) is 6.17. The second-order valence-electron chi connectivity index (χ2n) is 6.65. The van der Waals surface area contributed by atoms with Crippen molar-refractivity contribution in [3.05, 3.63) is 99.5 Å². The summed E-state index contributed by atoms with van der Waals surface area (Å²) >= 11 is 15.8. The maximum atomic E-state index is 10.5. The molecule has 0 spiro atoms. The van der Waals surface area contributed by atoms with Crippen molar-refractivity contribution in [2.24, 2.45) is 0 Å². The lowest BCUT2D eigenvalue weighted by molar-refractivity contribution is -0.704. The number of nitrogens with zero attached hydrogens (tertiary/aromatic N) is 2. The number of aromatic nitrogens is 2. The zero-order valence-corrected chi connectivity index (χ0v) is 18.8. The molecule has 7 heteroatoms. The second kappa shape index (κ2) is 10.4. The number of hydrogen-bond acceptors (Lipinski definition) is 2. The van der Waals surface area contributed by atoms with Crippen LogP contribution in [0.4, 0.5) is 0 Å². The molecule has 29 heavy (non-hydrogen) atoms. The molecule has 0 radical (unpaired) electrons. The number of aliphatic hydroxyl groups is 1. The van der Waals surface area contributed by atoms with Crippen molar-refractivity contribution in [3.8, 4) is 0 Å². The molecule has 1 aromatic heterocycles. The minimum Gasteiger partial charge on any atom is -0.384 e. The predicted molar refractivity (Wildman–Crippen MR) is 119 cm³/mol. The third-order valence-electron chi connectivity index (χ3n) is 4.49. The number of hydrogen-bond donors (Lipinski definition) is 1. The molecule has 2 atom stereocenters. The zero-order chi connectivity index (χ0) is 20.8. The topological polar surface area (TPSA) is 38.3 Å². The van der Waals surface area contributed by atoms with Gasteiger partial charge in [0.05, 0.1) is 6.61 Å². The minimum atomic E-state index is -0.595. The first-order chi connectivity index (χ1) is 14.0. The fraction of sp³-hybridized carbons (Fsp3) is 0.227. The van der Waals surface area contributed by atoms with E-state index in [9.17, 15) is 5.11 Å². The van der Waals surface area contributed by atoms with Gasteiger partial charge in [-0.3, -0.25) is 0 Å². The molecule has 152 valence electrons. The van der Waals surface area contributed by atoms with Crippen molar-refractivity contribution in [1.82, 2.24) is 4.57 Å². The number of imidazole rings is 1.